The molecular weight excluding hydrogens is 436 g/mol. The van der Waals surface area contributed by atoms with Crippen LogP contribution >= 0.6 is 0 Å². The van der Waals surface area contributed by atoms with Crippen LogP contribution in [0, 0.1) is 11.8 Å². The Balaban J connectivity index is 1.38. The summed E-state index contributed by atoms with van der Waals surface area (Å²) >= 11 is 0. The van der Waals surface area contributed by atoms with Crippen molar-refractivity contribution >= 4 is 11.6 Å². The predicted molar refractivity (Wildman–Crippen MR) is 133 cm³/mol. The molecular formula is C31H26O4. The van der Waals surface area contributed by atoms with E-state index < -0.39 is 17.3 Å². The van der Waals surface area contributed by atoms with Crippen molar-refractivity contribution in [2.45, 2.75) is 30.5 Å². The summed E-state index contributed by atoms with van der Waals surface area (Å²) in [5, 5.41) is 0. The Hall–Kier alpha value is -3.34. The Bertz CT molecular complexity index is 1260. The summed E-state index contributed by atoms with van der Waals surface area (Å²) in [4.78, 5) is 27.7. The average molecular weight is 463 g/mol. The molecule has 0 radical (unpaired) electrons. The Kier molecular flexibility index (Phi) is 4.70. The normalized spacial score (nSPS) is 29.4. The SMILES string of the molecule is O=C1C=C(CC2CO2)C=CC1C1(C2C=CC(CC3CO3)=CC2=O)c2ccccc2-c2ccccc21. The number of hydrogen-bond acceptors (Lipinski definition) is 4. The minimum atomic E-state index is -0.801. The van der Waals surface area contributed by atoms with Gasteiger partial charge in [-0.15, -0.1) is 0 Å². The molecule has 0 N–H and O–H groups in total. The lowest BCUT2D eigenvalue weighted by Crippen LogP contribution is -2.47. The molecule has 2 aromatic carbocycles. The van der Waals surface area contributed by atoms with Gasteiger partial charge in [0.05, 0.1) is 37.3 Å². The molecule has 4 heteroatoms. The second kappa shape index (κ2) is 7.84. The molecule has 0 aromatic heterocycles. The van der Waals surface area contributed by atoms with Gasteiger partial charge in [-0.05, 0) is 45.6 Å². The number of carbonyl (C=O) groups excluding carboxylic acids is 2. The summed E-state index contributed by atoms with van der Waals surface area (Å²) in [5.74, 6) is -0.845. The molecule has 2 fully saturated rings. The second-order valence-corrected chi connectivity index (χ2v) is 10.2. The summed E-state index contributed by atoms with van der Waals surface area (Å²) in [6, 6.07) is 16.5. The molecule has 7 rings (SSSR count). The zero-order valence-electron chi connectivity index (χ0n) is 19.4. The molecule has 4 unspecified atom stereocenters. The van der Waals surface area contributed by atoms with Crippen LogP contribution in [0.15, 0.2) is 96.1 Å². The van der Waals surface area contributed by atoms with Crippen molar-refractivity contribution in [3.8, 4) is 11.1 Å². The fraction of sp³-hybridized carbons (Fsp3) is 0.290. The van der Waals surface area contributed by atoms with Gasteiger partial charge in [0.25, 0.3) is 0 Å². The quantitative estimate of drug-likeness (QED) is 0.574. The van der Waals surface area contributed by atoms with Crippen LogP contribution in [0.2, 0.25) is 0 Å². The van der Waals surface area contributed by atoms with E-state index in [-0.39, 0.29) is 23.8 Å². The highest BCUT2D eigenvalue weighted by molar-refractivity contribution is 6.04. The molecule has 2 aliphatic heterocycles. The fourth-order valence-electron chi connectivity index (χ4n) is 6.34. The minimum absolute atomic E-state index is 0.0528. The molecule has 4 atom stereocenters. The van der Waals surface area contributed by atoms with Crippen LogP contribution in [-0.2, 0) is 24.5 Å². The van der Waals surface area contributed by atoms with Crippen molar-refractivity contribution in [2.24, 2.45) is 11.8 Å². The minimum Gasteiger partial charge on any atom is -0.373 e. The molecule has 0 amide bonds. The molecule has 0 saturated carbocycles. The molecule has 5 aliphatic rings. The van der Waals surface area contributed by atoms with Gasteiger partial charge >= 0.3 is 0 Å². The zero-order valence-corrected chi connectivity index (χ0v) is 19.4. The van der Waals surface area contributed by atoms with E-state index in [2.05, 4.69) is 36.4 Å². The van der Waals surface area contributed by atoms with Crippen LogP contribution in [0.3, 0.4) is 0 Å². The highest BCUT2D eigenvalue weighted by atomic mass is 16.6. The van der Waals surface area contributed by atoms with Crippen LogP contribution in [0.5, 0.6) is 0 Å². The zero-order chi connectivity index (χ0) is 23.6. The second-order valence-electron chi connectivity index (χ2n) is 10.2. The number of allylic oxidation sites excluding steroid dienone is 6. The number of ether oxygens (including phenoxy) is 2. The Morgan fingerprint density at radius 3 is 1.51 bits per heavy atom. The van der Waals surface area contributed by atoms with Gasteiger partial charge in [0.1, 0.15) is 0 Å². The van der Waals surface area contributed by atoms with E-state index in [1.807, 2.05) is 36.4 Å². The third-order valence-electron chi connectivity index (χ3n) is 8.02. The molecule has 0 bridgehead atoms. The van der Waals surface area contributed by atoms with Crippen LogP contribution in [0.4, 0.5) is 0 Å². The van der Waals surface area contributed by atoms with Gasteiger partial charge < -0.3 is 9.47 Å². The number of carbonyl (C=O) groups is 2. The molecule has 174 valence electrons. The molecule has 2 heterocycles. The van der Waals surface area contributed by atoms with Crippen molar-refractivity contribution in [1.82, 2.24) is 0 Å². The van der Waals surface area contributed by atoms with Crippen molar-refractivity contribution in [3.05, 3.63) is 107 Å². The third-order valence-corrected chi connectivity index (χ3v) is 8.02. The first kappa shape index (κ1) is 21.0. The van der Waals surface area contributed by atoms with Gasteiger partial charge in [-0.25, -0.2) is 0 Å². The third kappa shape index (κ3) is 3.35. The highest BCUT2D eigenvalue weighted by Gasteiger charge is 2.56. The Morgan fingerprint density at radius 2 is 1.11 bits per heavy atom. The van der Waals surface area contributed by atoms with E-state index >= 15 is 0 Å². The summed E-state index contributed by atoms with van der Waals surface area (Å²) in [7, 11) is 0. The van der Waals surface area contributed by atoms with Crippen LogP contribution < -0.4 is 0 Å². The van der Waals surface area contributed by atoms with Gasteiger partial charge in [-0.1, -0.05) is 72.8 Å². The number of hydrogen-bond donors (Lipinski definition) is 0. The predicted octanol–water partition coefficient (Wildman–Crippen LogP) is 4.89. The highest BCUT2D eigenvalue weighted by Crippen LogP contribution is 2.58. The first-order valence-corrected chi connectivity index (χ1v) is 12.4. The summed E-state index contributed by atoms with van der Waals surface area (Å²) < 4.78 is 10.8. The summed E-state index contributed by atoms with van der Waals surface area (Å²) in [5.41, 5.74) is 5.51. The number of benzene rings is 2. The monoisotopic (exact) mass is 462 g/mol. The van der Waals surface area contributed by atoms with E-state index in [4.69, 9.17) is 9.47 Å². The van der Waals surface area contributed by atoms with Gasteiger partial charge in [0, 0.05) is 18.3 Å². The fourth-order valence-corrected chi connectivity index (χ4v) is 6.34. The first-order chi connectivity index (χ1) is 17.1. The van der Waals surface area contributed by atoms with Crippen LogP contribution in [0.1, 0.15) is 24.0 Å². The lowest BCUT2D eigenvalue weighted by Gasteiger charge is -2.43. The molecule has 4 nitrogen and oxygen atoms in total. The average Bonchev–Trinajstić information content (AvgIpc) is 3.80. The molecule has 0 spiro atoms. The van der Waals surface area contributed by atoms with Gasteiger partial charge in [-0.3, -0.25) is 9.59 Å². The maximum absolute atomic E-state index is 13.9. The van der Waals surface area contributed by atoms with Crippen LogP contribution in [-0.4, -0.2) is 37.0 Å². The summed E-state index contributed by atoms with van der Waals surface area (Å²) in [6.45, 7) is 1.52. The van der Waals surface area contributed by atoms with Gasteiger partial charge in [-0.2, -0.15) is 0 Å². The maximum Gasteiger partial charge on any atom is 0.164 e. The number of fused-ring (bicyclic) bond motifs is 3. The largest absolute Gasteiger partial charge is 0.373 e. The molecule has 2 saturated heterocycles. The van der Waals surface area contributed by atoms with E-state index in [9.17, 15) is 9.59 Å². The van der Waals surface area contributed by atoms with E-state index in [1.54, 1.807) is 12.2 Å². The van der Waals surface area contributed by atoms with Gasteiger partial charge in [0.15, 0.2) is 11.6 Å². The van der Waals surface area contributed by atoms with E-state index in [0.29, 0.717) is 0 Å². The van der Waals surface area contributed by atoms with E-state index in [0.717, 1.165) is 59.5 Å². The Morgan fingerprint density at radius 1 is 0.686 bits per heavy atom. The number of ketones is 2. The molecule has 2 aromatic rings. The van der Waals surface area contributed by atoms with Crippen molar-refractivity contribution in [3.63, 3.8) is 0 Å². The first-order valence-electron chi connectivity index (χ1n) is 12.4. The van der Waals surface area contributed by atoms with Crippen LogP contribution in [0.25, 0.3) is 11.1 Å². The molecule has 3 aliphatic carbocycles. The summed E-state index contributed by atoms with van der Waals surface area (Å²) in [6.07, 6.45) is 13.7. The van der Waals surface area contributed by atoms with Crippen molar-refractivity contribution < 1.29 is 19.1 Å². The number of epoxide rings is 2. The topological polar surface area (TPSA) is 59.2 Å². The van der Waals surface area contributed by atoms with Gasteiger partial charge in [0.2, 0.25) is 0 Å². The maximum atomic E-state index is 13.9. The number of rotatable bonds is 6. The smallest absolute Gasteiger partial charge is 0.164 e. The lowest BCUT2D eigenvalue weighted by molar-refractivity contribution is -0.122. The van der Waals surface area contributed by atoms with E-state index in [1.165, 1.54) is 0 Å². The lowest BCUT2D eigenvalue weighted by atomic mass is 9.57. The molecule has 35 heavy (non-hydrogen) atoms. The standard InChI is InChI=1S/C31H26O4/c32-29-15-19(13-21-17-34-21)9-11-27(29)31(28-12-10-20(16-30(28)33)14-22-18-35-22)25-7-3-1-5-23(25)24-6-2-4-8-26(24)31/h1-12,15-16,21-22,27-28H,13-14,17-18H2. The Labute approximate surface area is 204 Å². The van der Waals surface area contributed by atoms with Crippen molar-refractivity contribution in [2.75, 3.05) is 13.2 Å². The van der Waals surface area contributed by atoms with Crippen molar-refractivity contribution in [1.29, 1.82) is 0 Å².